The third kappa shape index (κ3) is 3.55. The van der Waals surface area contributed by atoms with Crippen molar-refractivity contribution in [1.29, 1.82) is 0 Å². The first-order valence-electron chi connectivity index (χ1n) is 3.31. The average Bonchev–Trinajstić information content (AvgIpc) is 1.81. The molecule has 0 spiro atoms. The Bertz CT molecular complexity index is 180. The van der Waals surface area contributed by atoms with Crippen LogP contribution in [0.2, 0.25) is 0 Å². The van der Waals surface area contributed by atoms with Crippen LogP contribution in [-0.2, 0) is 9.59 Å². The monoisotopic (exact) mass is 155 g/mol. The Morgan fingerprint density at radius 1 is 1.45 bits per heavy atom. The molecule has 0 fully saturated rings. The number of Topliss-reactive ketones (excluding diaryl/α,β-unsaturated/α-hetero) is 1. The van der Waals surface area contributed by atoms with Gasteiger partial charge in [-0.25, -0.2) is 0 Å². The molecular formula is C8H11O3-. The van der Waals surface area contributed by atoms with Crippen LogP contribution < -0.4 is 5.11 Å². The van der Waals surface area contributed by atoms with E-state index in [-0.39, 0.29) is 12.2 Å². The van der Waals surface area contributed by atoms with E-state index in [1.54, 1.807) is 6.92 Å². The van der Waals surface area contributed by atoms with Crippen LogP contribution in [0.15, 0.2) is 12.2 Å². The lowest BCUT2D eigenvalue weighted by Crippen LogP contribution is -2.35. The number of hydrogen-bond donors (Lipinski definition) is 0. The van der Waals surface area contributed by atoms with Crippen LogP contribution in [0.3, 0.4) is 0 Å². The summed E-state index contributed by atoms with van der Waals surface area (Å²) >= 11 is 0. The second kappa shape index (κ2) is 3.91. The number of rotatable bonds is 4. The van der Waals surface area contributed by atoms with E-state index >= 15 is 0 Å². The Hall–Kier alpha value is -1.12. The fourth-order valence-corrected chi connectivity index (χ4v) is 0.741. The maximum atomic E-state index is 10.7. The molecule has 0 aromatic heterocycles. The zero-order valence-corrected chi connectivity index (χ0v) is 6.72. The number of carbonyl (C=O) groups excluding carboxylic acids is 2. The molecule has 0 aliphatic carbocycles. The number of carboxylic acids is 1. The van der Waals surface area contributed by atoms with E-state index in [9.17, 15) is 14.7 Å². The Kier molecular flexibility index (Phi) is 3.51. The van der Waals surface area contributed by atoms with Crippen LogP contribution >= 0.6 is 0 Å². The van der Waals surface area contributed by atoms with Gasteiger partial charge in [0, 0.05) is 0 Å². The van der Waals surface area contributed by atoms with Gasteiger partial charge in [-0.1, -0.05) is 5.57 Å². The minimum absolute atomic E-state index is 0.178. The zero-order chi connectivity index (χ0) is 9.02. The van der Waals surface area contributed by atoms with Gasteiger partial charge in [0.1, 0.15) is 5.78 Å². The van der Waals surface area contributed by atoms with Crippen LogP contribution in [-0.4, -0.2) is 11.8 Å². The van der Waals surface area contributed by atoms with Gasteiger partial charge in [0.05, 0.1) is 11.9 Å². The summed E-state index contributed by atoms with van der Waals surface area (Å²) in [5.41, 5.74) is 0.675. The van der Waals surface area contributed by atoms with Crippen molar-refractivity contribution in [2.75, 3.05) is 0 Å². The van der Waals surface area contributed by atoms with E-state index < -0.39 is 11.9 Å². The number of ketones is 1. The van der Waals surface area contributed by atoms with E-state index in [1.807, 2.05) is 0 Å². The van der Waals surface area contributed by atoms with Crippen molar-refractivity contribution in [2.45, 2.75) is 20.3 Å². The van der Waals surface area contributed by atoms with Crippen molar-refractivity contribution in [2.24, 2.45) is 5.92 Å². The molecule has 0 heterocycles. The van der Waals surface area contributed by atoms with Crippen LogP contribution in [0, 0.1) is 5.92 Å². The number of aliphatic carboxylic acids is 1. The highest BCUT2D eigenvalue weighted by Crippen LogP contribution is 2.09. The summed E-state index contributed by atoms with van der Waals surface area (Å²) < 4.78 is 0. The van der Waals surface area contributed by atoms with E-state index in [4.69, 9.17) is 0 Å². The highest BCUT2D eigenvalue weighted by molar-refractivity contribution is 5.96. The van der Waals surface area contributed by atoms with Gasteiger partial charge in [0.25, 0.3) is 0 Å². The van der Waals surface area contributed by atoms with Gasteiger partial charge in [-0.2, -0.15) is 0 Å². The molecule has 3 heteroatoms. The fourth-order valence-electron chi connectivity index (χ4n) is 0.741. The Balaban J connectivity index is 4.23. The summed E-state index contributed by atoms with van der Waals surface area (Å²) in [6, 6.07) is 0. The van der Waals surface area contributed by atoms with Crippen molar-refractivity contribution in [3.8, 4) is 0 Å². The summed E-state index contributed by atoms with van der Waals surface area (Å²) in [5.74, 6) is -2.72. The number of hydrogen-bond acceptors (Lipinski definition) is 3. The largest absolute Gasteiger partial charge is 0.549 e. The molecular weight excluding hydrogens is 144 g/mol. The first-order valence-corrected chi connectivity index (χ1v) is 3.31. The van der Waals surface area contributed by atoms with Crippen LogP contribution in [0.25, 0.3) is 0 Å². The molecule has 1 atom stereocenters. The van der Waals surface area contributed by atoms with Gasteiger partial charge < -0.3 is 9.90 Å². The van der Waals surface area contributed by atoms with Crippen molar-refractivity contribution in [3.05, 3.63) is 12.2 Å². The highest BCUT2D eigenvalue weighted by atomic mass is 16.4. The second-order valence-electron chi connectivity index (χ2n) is 2.64. The molecule has 0 rings (SSSR count). The maximum Gasteiger partial charge on any atom is 0.138 e. The molecule has 0 aromatic rings. The number of carbonyl (C=O) groups is 2. The van der Waals surface area contributed by atoms with Crippen LogP contribution in [0.1, 0.15) is 20.3 Å². The fraction of sp³-hybridized carbons (Fsp3) is 0.500. The molecule has 0 aliphatic heterocycles. The zero-order valence-electron chi connectivity index (χ0n) is 6.72. The van der Waals surface area contributed by atoms with E-state index in [2.05, 4.69) is 6.58 Å². The standard InChI is InChI=1S/C8H12O3/c1-5(2)4-7(6(3)9)8(10)11/h7H,1,4H2,2-3H3,(H,10,11)/p-1. The molecule has 0 aromatic carbocycles. The second-order valence-corrected chi connectivity index (χ2v) is 2.64. The number of carboxylic acid groups (broad SMARTS) is 1. The van der Waals surface area contributed by atoms with Crippen molar-refractivity contribution < 1.29 is 14.7 Å². The van der Waals surface area contributed by atoms with E-state index in [1.165, 1.54) is 6.92 Å². The van der Waals surface area contributed by atoms with Gasteiger partial charge in [-0.05, 0) is 20.3 Å². The minimum atomic E-state index is -1.32. The SMILES string of the molecule is C=C(C)CC(C(C)=O)C(=O)[O-]. The summed E-state index contributed by atoms with van der Waals surface area (Å²) in [7, 11) is 0. The van der Waals surface area contributed by atoms with E-state index in [0.29, 0.717) is 5.57 Å². The van der Waals surface area contributed by atoms with Gasteiger partial charge in [0.2, 0.25) is 0 Å². The molecule has 62 valence electrons. The Morgan fingerprint density at radius 2 is 1.91 bits per heavy atom. The predicted octanol–water partition coefficient (Wildman–Crippen LogP) is -0.0923. The molecule has 0 bridgehead atoms. The lowest BCUT2D eigenvalue weighted by atomic mass is 9.98. The van der Waals surface area contributed by atoms with Crippen LogP contribution in [0.4, 0.5) is 0 Å². The molecule has 0 saturated heterocycles. The van der Waals surface area contributed by atoms with Gasteiger partial charge in [-0.3, -0.25) is 4.79 Å². The predicted molar refractivity (Wildman–Crippen MR) is 38.6 cm³/mol. The van der Waals surface area contributed by atoms with Crippen molar-refractivity contribution >= 4 is 11.8 Å². The lowest BCUT2D eigenvalue weighted by Gasteiger charge is -2.13. The third-order valence-electron chi connectivity index (χ3n) is 1.33. The summed E-state index contributed by atoms with van der Waals surface area (Å²) in [6.45, 7) is 6.44. The lowest BCUT2D eigenvalue weighted by molar-refractivity contribution is -0.309. The van der Waals surface area contributed by atoms with Crippen LogP contribution in [0.5, 0.6) is 0 Å². The average molecular weight is 155 g/mol. The number of allylic oxidation sites excluding steroid dienone is 1. The minimum Gasteiger partial charge on any atom is -0.549 e. The molecule has 0 aliphatic rings. The molecule has 3 nitrogen and oxygen atoms in total. The first-order chi connectivity index (χ1) is 4.95. The van der Waals surface area contributed by atoms with Gasteiger partial charge in [0.15, 0.2) is 0 Å². The summed E-state index contributed by atoms with van der Waals surface area (Å²) in [4.78, 5) is 21.0. The maximum absolute atomic E-state index is 10.7. The normalized spacial score (nSPS) is 12.2. The molecule has 1 unspecified atom stereocenters. The van der Waals surface area contributed by atoms with Gasteiger partial charge >= 0.3 is 0 Å². The topological polar surface area (TPSA) is 57.2 Å². The first kappa shape index (κ1) is 9.88. The van der Waals surface area contributed by atoms with E-state index in [0.717, 1.165) is 0 Å². The summed E-state index contributed by atoms with van der Waals surface area (Å²) in [6.07, 6.45) is 0.178. The molecule has 0 amide bonds. The summed E-state index contributed by atoms with van der Waals surface area (Å²) in [5, 5.41) is 10.3. The third-order valence-corrected chi connectivity index (χ3v) is 1.33. The highest BCUT2D eigenvalue weighted by Gasteiger charge is 2.14. The molecule has 0 N–H and O–H groups in total. The molecule has 0 saturated carbocycles. The molecule has 0 radical (unpaired) electrons. The van der Waals surface area contributed by atoms with Gasteiger partial charge in [-0.15, -0.1) is 6.58 Å². The Morgan fingerprint density at radius 3 is 2.00 bits per heavy atom. The Labute approximate surface area is 65.7 Å². The van der Waals surface area contributed by atoms with Crippen molar-refractivity contribution in [1.82, 2.24) is 0 Å². The van der Waals surface area contributed by atoms with Crippen molar-refractivity contribution in [3.63, 3.8) is 0 Å². The quantitative estimate of drug-likeness (QED) is 0.421. The smallest absolute Gasteiger partial charge is 0.138 e. The molecule has 11 heavy (non-hydrogen) atoms.